The first-order valence-corrected chi connectivity index (χ1v) is 5.67. The molecule has 92 valence electrons. The van der Waals surface area contributed by atoms with Gasteiger partial charge in [-0.25, -0.2) is 4.98 Å². The molecule has 18 heavy (non-hydrogen) atoms. The van der Waals surface area contributed by atoms with Crippen LogP contribution < -0.4 is 11.1 Å². The lowest BCUT2D eigenvalue weighted by molar-refractivity contribution is 0.102. The van der Waals surface area contributed by atoms with Gasteiger partial charge in [0.15, 0.2) is 0 Å². The first-order valence-electron chi connectivity index (χ1n) is 5.67. The number of nitrogens with one attached hydrogen (secondary N) is 1. The number of hydrogen-bond donors (Lipinski definition) is 2. The molecule has 0 bridgehead atoms. The maximum absolute atomic E-state index is 12.1. The van der Waals surface area contributed by atoms with Crippen LogP contribution in [-0.4, -0.2) is 10.9 Å². The molecule has 0 spiro atoms. The summed E-state index contributed by atoms with van der Waals surface area (Å²) in [5, 5.41) is 2.80. The molecule has 0 atom stereocenters. The molecule has 3 N–H and O–H groups in total. The van der Waals surface area contributed by atoms with Crippen LogP contribution in [0.15, 0.2) is 36.5 Å². The Bertz CT molecular complexity index is 593. The highest BCUT2D eigenvalue weighted by atomic mass is 16.1. The highest BCUT2D eigenvalue weighted by molar-refractivity contribution is 6.05. The molecule has 0 aliphatic carbocycles. The summed E-state index contributed by atoms with van der Waals surface area (Å²) in [4.78, 5) is 16.2. The third-order valence-corrected chi connectivity index (χ3v) is 2.74. The highest BCUT2D eigenvalue weighted by Gasteiger charge is 2.10. The fraction of sp³-hybridized carbons (Fsp3) is 0.143. The number of rotatable bonds is 2. The molecule has 1 amide bonds. The molecule has 0 saturated heterocycles. The van der Waals surface area contributed by atoms with Crippen molar-refractivity contribution in [1.29, 1.82) is 0 Å². The van der Waals surface area contributed by atoms with E-state index >= 15 is 0 Å². The Hall–Kier alpha value is -2.36. The Morgan fingerprint density at radius 2 is 2.00 bits per heavy atom. The fourth-order valence-electron chi connectivity index (χ4n) is 1.73. The Kier molecular flexibility index (Phi) is 3.28. The molecule has 4 heteroatoms. The molecule has 0 fully saturated rings. The number of aryl methyl sites for hydroxylation is 2. The second kappa shape index (κ2) is 4.87. The molecule has 1 aromatic heterocycles. The molecular formula is C14H15N3O. The van der Waals surface area contributed by atoms with Crippen LogP contribution in [0.2, 0.25) is 0 Å². The number of nitrogens with two attached hydrogens (primary N) is 1. The Morgan fingerprint density at radius 3 is 2.67 bits per heavy atom. The van der Waals surface area contributed by atoms with Gasteiger partial charge in [0.25, 0.3) is 5.91 Å². The summed E-state index contributed by atoms with van der Waals surface area (Å²) < 4.78 is 0. The number of anilines is 2. The van der Waals surface area contributed by atoms with Crippen LogP contribution in [0.4, 0.5) is 11.5 Å². The molecule has 0 saturated carbocycles. The van der Waals surface area contributed by atoms with Crippen LogP contribution in [0.1, 0.15) is 21.5 Å². The van der Waals surface area contributed by atoms with Gasteiger partial charge >= 0.3 is 0 Å². The van der Waals surface area contributed by atoms with Crippen LogP contribution in [0.25, 0.3) is 0 Å². The SMILES string of the molecule is Cc1cc(N)ccc1C(=O)Nc1ncccc1C. The minimum Gasteiger partial charge on any atom is -0.399 e. The van der Waals surface area contributed by atoms with Crippen molar-refractivity contribution in [2.45, 2.75) is 13.8 Å². The third kappa shape index (κ3) is 2.48. The zero-order valence-corrected chi connectivity index (χ0v) is 10.4. The minimum absolute atomic E-state index is 0.172. The van der Waals surface area contributed by atoms with E-state index in [1.54, 1.807) is 24.4 Å². The van der Waals surface area contributed by atoms with E-state index in [0.29, 0.717) is 17.1 Å². The van der Waals surface area contributed by atoms with Gasteiger partial charge in [0.2, 0.25) is 0 Å². The van der Waals surface area contributed by atoms with Crippen molar-refractivity contribution < 1.29 is 4.79 Å². The highest BCUT2D eigenvalue weighted by Crippen LogP contribution is 2.15. The minimum atomic E-state index is -0.172. The molecule has 2 rings (SSSR count). The average Bonchev–Trinajstić information content (AvgIpc) is 2.32. The summed E-state index contributed by atoms with van der Waals surface area (Å²) in [7, 11) is 0. The summed E-state index contributed by atoms with van der Waals surface area (Å²) >= 11 is 0. The fourth-order valence-corrected chi connectivity index (χ4v) is 1.73. The quantitative estimate of drug-likeness (QED) is 0.794. The van der Waals surface area contributed by atoms with Crippen LogP contribution in [-0.2, 0) is 0 Å². The number of benzene rings is 1. The van der Waals surface area contributed by atoms with Gasteiger partial charge in [-0.3, -0.25) is 4.79 Å². The summed E-state index contributed by atoms with van der Waals surface area (Å²) in [6.07, 6.45) is 1.65. The lowest BCUT2D eigenvalue weighted by Gasteiger charge is -2.09. The zero-order valence-electron chi connectivity index (χ0n) is 10.4. The van der Waals surface area contributed by atoms with Crippen molar-refractivity contribution >= 4 is 17.4 Å². The summed E-state index contributed by atoms with van der Waals surface area (Å²) in [6.45, 7) is 3.76. The number of pyridine rings is 1. The van der Waals surface area contributed by atoms with Gasteiger partial charge in [-0.15, -0.1) is 0 Å². The monoisotopic (exact) mass is 241 g/mol. The molecule has 0 aliphatic rings. The van der Waals surface area contributed by atoms with Crippen molar-refractivity contribution in [3.63, 3.8) is 0 Å². The number of carbonyl (C=O) groups excluding carboxylic acids is 1. The molecule has 0 radical (unpaired) electrons. The van der Waals surface area contributed by atoms with Crippen LogP contribution in [0, 0.1) is 13.8 Å². The van der Waals surface area contributed by atoms with Gasteiger partial charge in [-0.2, -0.15) is 0 Å². The molecule has 2 aromatic rings. The predicted molar refractivity (Wildman–Crippen MR) is 72.5 cm³/mol. The topological polar surface area (TPSA) is 68.0 Å². The zero-order chi connectivity index (χ0) is 13.1. The molecule has 4 nitrogen and oxygen atoms in total. The Labute approximate surface area is 106 Å². The van der Waals surface area contributed by atoms with E-state index in [1.807, 2.05) is 26.0 Å². The number of hydrogen-bond acceptors (Lipinski definition) is 3. The standard InChI is InChI=1S/C14H15N3O/c1-9-4-3-7-16-13(9)17-14(18)12-6-5-11(15)8-10(12)2/h3-8H,15H2,1-2H3,(H,16,17,18). The van der Waals surface area contributed by atoms with E-state index < -0.39 is 0 Å². The number of nitrogen functional groups attached to an aromatic ring is 1. The van der Waals surface area contributed by atoms with Crippen molar-refractivity contribution in [1.82, 2.24) is 4.98 Å². The van der Waals surface area contributed by atoms with E-state index in [4.69, 9.17) is 5.73 Å². The maximum atomic E-state index is 12.1. The second-order valence-electron chi connectivity index (χ2n) is 4.20. The molecule has 0 unspecified atom stereocenters. The van der Waals surface area contributed by atoms with E-state index in [1.165, 1.54) is 0 Å². The van der Waals surface area contributed by atoms with Crippen molar-refractivity contribution in [3.8, 4) is 0 Å². The number of nitrogens with zero attached hydrogens (tertiary/aromatic N) is 1. The predicted octanol–water partition coefficient (Wildman–Crippen LogP) is 2.53. The van der Waals surface area contributed by atoms with Crippen LogP contribution >= 0.6 is 0 Å². The number of carbonyl (C=O) groups is 1. The van der Waals surface area contributed by atoms with E-state index in [-0.39, 0.29) is 5.91 Å². The van der Waals surface area contributed by atoms with Gasteiger partial charge in [-0.1, -0.05) is 6.07 Å². The van der Waals surface area contributed by atoms with E-state index in [2.05, 4.69) is 10.3 Å². The summed E-state index contributed by atoms with van der Waals surface area (Å²) in [5.41, 5.74) is 8.69. The molecule has 1 aromatic carbocycles. The van der Waals surface area contributed by atoms with Crippen molar-refractivity contribution in [3.05, 3.63) is 53.2 Å². The smallest absolute Gasteiger partial charge is 0.257 e. The Balaban J connectivity index is 2.25. The second-order valence-corrected chi connectivity index (χ2v) is 4.20. The first-order chi connectivity index (χ1) is 8.58. The normalized spacial score (nSPS) is 10.1. The van der Waals surface area contributed by atoms with Gasteiger partial charge in [0, 0.05) is 17.4 Å². The lowest BCUT2D eigenvalue weighted by atomic mass is 10.1. The first kappa shape index (κ1) is 12.1. The molecular weight excluding hydrogens is 226 g/mol. The van der Waals surface area contributed by atoms with Gasteiger partial charge in [-0.05, 0) is 49.2 Å². The largest absolute Gasteiger partial charge is 0.399 e. The average molecular weight is 241 g/mol. The summed E-state index contributed by atoms with van der Waals surface area (Å²) in [6, 6.07) is 8.95. The maximum Gasteiger partial charge on any atom is 0.257 e. The van der Waals surface area contributed by atoms with Crippen molar-refractivity contribution in [2.75, 3.05) is 11.1 Å². The third-order valence-electron chi connectivity index (χ3n) is 2.74. The van der Waals surface area contributed by atoms with Gasteiger partial charge in [0.05, 0.1) is 0 Å². The number of aromatic nitrogens is 1. The molecule has 0 aliphatic heterocycles. The van der Waals surface area contributed by atoms with Crippen molar-refractivity contribution in [2.24, 2.45) is 0 Å². The molecule has 1 heterocycles. The summed E-state index contributed by atoms with van der Waals surface area (Å²) in [5.74, 6) is 0.410. The number of amides is 1. The van der Waals surface area contributed by atoms with E-state index in [9.17, 15) is 4.79 Å². The van der Waals surface area contributed by atoms with Crippen LogP contribution in [0.5, 0.6) is 0 Å². The lowest BCUT2D eigenvalue weighted by Crippen LogP contribution is -2.15. The van der Waals surface area contributed by atoms with E-state index in [0.717, 1.165) is 11.1 Å². The Morgan fingerprint density at radius 1 is 1.22 bits per heavy atom. The van der Waals surface area contributed by atoms with Gasteiger partial charge in [0.1, 0.15) is 5.82 Å². The van der Waals surface area contributed by atoms with Gasteiger partial charge < -0.3 is 11.1 Å². The van der Waals surface area contributed by atoms with Crippen LogP contribution in [0.3, 0.4) is 0 Å².